The second-order valence-corrected chi connectivity index (χ2v) is 5.03. The number of nitrogens with zero attached hydrogens (tertiary/aromatic N) is 1. The van der Waals surface area contributed by atoms with E-state index in [0.717, 1.165) is 0 Å². The van der Waals surface area contributed by atoms with E-state index in [-0.39, 0.29) is 5.69 Å². The van der Waals surface area contributed by atoms with Crippen LogP contribution in [0.3, 0.4) is 0 Å². The molecule has 6 nitrogen and oxygen atoms in total. The number of non-ortho nitro benzene ring substituents is 1. The van der Waals surface area contributed by atoms with Gasteiger partial charge in [0.15, 0.2) is 0 Å². The summed E-state index contributed by atoms with van der Waals surface area (Å²) < 4.78 is 5.00. The summed E-state index contributed by atoms with van der Waals surface area (Å²) in [6.07, 6.45) is 0.506. The normalized spacial score (nSPS) is 11.9. The zero-order valence-corrected chi connectivity index (χ0v) is 11.5. The smallest absolute Gasteiger partial charge is 0.316 e. The molecular formula is C12H15NO5S. The molecule has 0 aliphatic rings. The highest BCUT2D eigenvalue weighted by atomic mass is 32.2. The lowest BCUT2D eigenvalue weighted by molar-refractivity contribution is -0.385. The van der Waals surface area contributed by atoms with Gasteiger partial charge in [-0.15, -0.1) is 11.8 Å². The number of hydrogen-bond acceptors (Lipinski definition) is 5. The van der Waals surface area contributed by atoms with Gasteiger partial charge in [-0.3, -0.25) is 14.9 Å². The van der Waals surface area contributed by atoms with Crippen LogP contribution >= 0.6 is 11.8 Å². The van der Waals surface area contributed by atoms with Crippen molar-refractivity contribution in [1.29, 1.82) is 0 Å². The van der Waals surface area contributed by atoms with Crippen LogP contribution in [0.25, 0.3) is 0 Å². The van der Waals surface area contributed by atoms with Gasteiger partial charge >= 0.3 is 5.97 Å². The lowest BCUT2D eigenvalue weighted by Gasteiger charge is -2.10. The zero-order valence-electron chi connectivity index (χ0n) is 10.7. The Balaban J connectivity index is 2.85. The topological polar surface area (TPSA) is 89.7 Å². The first-order valence-electron chi connectivity index (χ1n) is 5.64. The summed E-state index contributed by atoms with van der Waals surface area (Å²) in [5.74, 6) is -0.0823. The van der Waals surface area contributed by atoms with Gasteiger partial charge < -0.3 is 9.84 Å². The maximum Gasteiger partial charge on any atom is 0.316 e. The van der Waals surface area contributed by atoms with Crippen LogP contribution in [0.1, 0.15) is 18.9 Å². The van der Waals surface area contributed by atoms with Crippen LogP contribution < -0.4 is 4.74 Å². The predicted octanol–water partition coefficient (Wildman–Crippen LogP) is 2.70. The Morgan fingerprint density at radius 2 is 2.21 bits per heavy atom. The molecule has 0 amide bonds. The molecule has 1 unspecified atom stereocenters. The average molecular weight is 285 g/mol. The van der Waals surface area contributed by atoms with Gasteiger partial charge in [-0.05, 0) is 18.1 Å². The van der Waals surface area contributed by atoms with Gasteiger partial charge in [0.1, 0.15) is 11.0 Å². The molecule has 104 valence electrons. The molecule has 0 aliphatic heterocycles. The molecule has 1 atom stereocenters. The van der Waals surface area contributed by atoms with Crippen molar-refractivity contribution in [2.45, 2.75) is 24.3 Å². The first kappa shape index (κ1) is 15.3. The number of carbonyl (C=O) groups is 1. The predicted molar refractivity (Wildman–Crippen MR) is 72.7 cm³/mol. The van der Waals surface area contributed by atoms with E-state index in [2.05, 4.69) is 0 Å². The van der Waals surface area contributed by atoms with Crippen molar-refractivity contribution >= 4 is 23.4 Å². The molecule has 0 bridgehead atoms. The Labute approximate surface area is 114 Å². The van der Waals surface area contributed by atoms with Crippen LogP contribution in [0.5, 0.6) is 5.75 Å². The van der Waals surface area contributed by atoms with E-state index in [4.69, 9.17) is 9.84 Å². The highest BCUT2D eigenvalue weighted by Crippen LogP contribution is 2.27. The number of nitro benzene ring substituents is 1. The number of ether oxygens (including phenoxy) is 1. The van der Waals surface area contributed by atoms with Gasteiger partial charge in [-0.1, -0.05) is 6.92 Å². The van der Waals surface area contributed by atoms with Gasteiger partial charge in [0, 0.05) is 11.8 Å². The molecule has 7 heteroatoms. The number of carboxylic acids is 1. The van der Waals surface area contributed by atoms with Gasteiger partial charge in [0.2, 0.25) is 0 Å². The maximum atomic E-state index is 10.9. The third-order valence-corrected chi connectivity index (χ3v) is 3.93. The summed E-state index contributed by atoms with van der Waals surface area (Å²) in [6, 6.07) is 4.45. The minimum absolute atomic E-state index is 0.0571. The standard InChI is InChI=1S/C12H15NO5S/c1-3-11(12(14)15)19-7-8-4-9(13(16)17)6-10(5-8)18-2/h4-6,11H,3,7H2,1-2H3,(H,14,15). The molecule has 0 saturated heterocycles. The number of hydrogen-bond donors (Lipinski definition) is 1. The van der Waals surface area contributed by atoms with Gasteiger partial charge in [-0.25, -0.2) is 0 Å². The van der Waals surface area contributed by atoms with E-state index in [1.807, 2.05) is 0 Å². The SMILES string of the molecule is CCC(SCc1cc(OC)cc([N+](=O)[O-])c1)C(=O)O. The Hall–Kier alpha value is -1.76. The van der Waals surface area contributed by atoms with E-state index in [9.17, 15) is 14.9 Å². The fraction of sp³-hybridized carbons (Fsp3) is 0.417. The lowest BCUT2D eigenvalue weighted by atomic mass is 10.2. The van der Waals surface area contributed by atoms with Crippen LogP contribution in [-0.2, 0) is 10.5 Å². The average Bonchev–Trinajstić information content (AvgIpc) is 2.38. The van der Waals surface area contributed by atoms with Crippen LogP contribution in [-0.4, -0.2) is 28.4 Å². The first-order valence-corrected chi connectivity index (χ1v) is 6.69. The number of nitro groups is 1. The molecule has 0 heterocycles. The Morgan fingerprint density at radius 3 is 2.68 bits per heavy atom. The maximum absolute atomic E-state index is 10.9. The Morgan fingerprint density at radius 1 is 1.53 bits per heavy atom. The van der Waals surface area contributed by atoms with Crippen molar-refractivity contribution in [3.63, 3.8) is 0 Å². The van der Waals surface area contributed by atoms with Gasteiger partial charge in [0.25, 0.3) is 5.69 Å². The third kappa shape index (κ3) is 4.44. The van der Waals surface area contributed by atoms with E-state index < -0.39 is 16.1 Å². The number of rotatable bonds is 7. The number of benzene rings is 1. The zero-order chi connectivity index (χ0) is 14.4. The molecule has 1 N–H and O–H groups in total. The monoisotopic (exact) mass is 285 g/mol. The van der Waals surface area contributed by atoms with Gasteiger partial charge in [-0.2, -0.15) is 0 Å². The molecule has 1 aromatic carbocycles. The molecule has 19 heavy (non-hydrogen) atoms. The Bertz CT molecular complexity index is 477. The van der Waals surface area contributed by atoms with Gasteiger partial charge in [0.05, 0.1) is 18.1 Å². The fourth-order valence-corrected chi connectivity index (χ4v) is 2.45. The third-order valence-electron chi connectivity index (χ3n) is 2.50. The van der Waals surface area contributed by atoms with Crippen molar-refractivity contribution in [3.8, 4) is 5.75 Å². The molecule has 0 aliphatic carbocycles. The summed E-state index contributed by atoms with van der Waals surface area (Å²) in [7, 11) is 1.43. The Kier molecular flexibility index (Phi) is 5.62. The molecule has 1 aromatic rings. The van der Waals surface area contributed by atoms with Crippen molar-refractivity contribution in [3.05, 3.63) is 33.9 Å². The molecule has 0 radical (unpaired) electrons. The van der Waals surface area contributed by atoms with Crippen LogP contribution in [0.15, 0.2) is 18.2 Å². The second-order valence-electron chi connectivity index (χ2n) is 3.84. The fourth-order valence-electron chi connectivity index (χ4n) is 1.51. The first-order chi connectivity index (χ1) is 8.97. The minimum Gasteiger partial charge on any atom is -0.496 e. The summed E-state index contributed by atoms with van der Waals surface area (Å²) in [5, 5.41) is 19.2. The largest absolute Gasteiger partial charge is 0.496 e. The molecule has 0 aromatic heterocycles. The molecule has 0 saturated carbocycles. The molecular weight excluding hydrogens is 270 g/mol. The summed E-state index contributed by atoms with van der Waals surface area (Å²) in [5.41, 5.74) is 0.620. The van der Waals surface area contributed by atoms with Crippen LogP contribution in [0.4, 0.5) is 5.69 Å². The summed E-state index contributed by atoms with van der Waals surface area (Å²) in [6.45, 7) is 1.79. The highest BCUT2D eigenvalue weighted by Gasteiger charge is 2.17. The molecule has 0 fully saturated rings. The van der Waals surface area contributed by atoms with Crippen molar-refractivity contribution < 1.29 is 19.6 Å². The summed E-state index contributed by atoms with van der Waals surface area (Å²) >= 11 is 1.24. The highest BCUT2D eigenvalue weighted by molar-refractivity contribution is 7.99. The summed E-state index contributed by atoms with van der Waals surface area (Å²) in [4.78, 5) is 21.2. The van der Waals surface area contributed by atoms with Crippen molar-refractivity contribution in [2.24, 2.45) is 0 Å². The number of thioether (sulfide) groups is 1. The number of aliphatic carboxylic acids is 1. The van der Waals surface area contributed by atoms with Crippen LogP contribution in [0.2, 0.25) is 0 Å². The van der Waals surface area contributed by atoms with E-state index >= 15 is 0 Å². The van der Waals surface area contributed by atoms with E-state index in [1.165, 1.54) is 31.0 Å². The molecule has 1 rings (SSSR count). The quantitative estimate of drug-likeness (QED) is 0.612. The lowest BCUT2D eigenvalue weighted by Crippen LogP contribution is -2.15. The number of methoxy groups -OCH3 is 1. The van der Waals surface area contributed by atoms with E-state index in [0.29, 0.717) is 23.5 Å². The van der Waals surface area contributed by atoms with E-state index in [1.54, 1.807) is 13.0 Å². The van der Waals surface area contributed by atoms with Crippen LogP contribution in [0, 0.1) is 10.1 Å². The minimum atomic E-state index is -0.870. The van der Waals surface area contributed by atoms with Crippen molar-refractivity contribution in [2.75, 3.05) is 7.11 Å². The van der Waals surface area contributed by atoms with Crippen molar-refractivity contribution in [1.82, 2.24) is 0 Å². The second kappa shape index (κ2) is 6.98. The number of carboxylic acid groups (broad SMARTS) is 1. The molecule has 0 spiro atoms.